The fourth-order valence-corrected chi connectivity index (χ4v) is 1.91. The second-order valence-corrected chi connectivity index (χ2v) is 4.49. The molecule has 1 heterocycles. The molecule has 1 aromatic carbocycles. The molecule has 0 aliphatic heterocycles. The molecule has 2 aromatic rings. The first-order valence-electron chi connectivity index (χ1n) is 4.45. The van der Waals surface area contributed by atoms with Crippen molar-refractivity contribution in [3.05, 3.63) is 39.2 Å². The highest BCUT2D eigenvalue weighted by molar-refractivity contribution is 14.1. The molecule has 0 aliphatic rings. The predicted molar refractivity (Wildman–Crippen MR) is 66.2 cm³/mol. The van der Waals surface area contributed by atoms with Gasteiger partial charge in [-0.2, -0.15) is 0 Å². The lowest BCUT2D eigenvalue weighted by molar-refractivity contribution is 1.24. The highest BCUT2D eigenvalue weighted by Gasteiger charge is 2.06. The summed E-state index contributed by atoms with van der Waals surface area (Å²) in [7, 11) is 0. The van der Waals surface area contributed by atoms with Crippen molar-refractivity contribution in [2.24, 2.45) is 0 Å². The first-order chi connectivity index (χ1) is 6.68. The summed E-state index contributed by atoms with van der Waals surface area (Å²) in [6, 6.07) is 6.26. The van der Waals surface area contributed by atoms with E-state index in [1.54, 1.807) is 0 Å². The highest BCUT2D eigenvalue weighted by atomic mass is 127. The van der Waals surface area contributed by atoms with Gasteiger partial charge in [0.1, 0.15) is 5.82 Å². The van der Waals surface area contributed by atoms with Crippen LogP contribution < -0.4 is 0 Å². The second kappa shape index (κ2) is 3.73. The molecule has 0 radical (unpaired) electrons. The Labute approximate surface area is 96.9 Å². The number of hydrogen-bond acceptors (Lipinski definition) is 1. The monoisotopic (exact) mass is 298 g/mol. The summed E-state index contributed by atoms with van der Waals surface area (Å²) in [5.74, 6) is 0.957. The third-order valence-electron chi connectivity index (χ3n) is 2.23. The first-order valence-corrected chi connectivity index (χ1v) is 5.53. The van der Waals surface area contributed by atoms with Gasteiger partial charge in [0.05, 0.1) is 0 Å². The van der Waals surface area contributed by atoms with Crippen molar-refractivity contribution in [1.82, 2.24) is 9.97 Å². The molecule has 3 heteroatoms. The van der Waals surface area contributed by atoms with Gasteiger partial charge >= 0.3 is 0 Å². The zero-order chi connectivity index (χ0) is 10.1. The number of benzene rings is 1. The van der Waals surface area contributed by atoms with E-state index >= 15 is 0 Å². The van der Waals surface area contributed by atoms with Gasteiger partial charge in [-0.1, -0.05) is 12.1 Å². The molecule has 0 atom stereocenters. The standard InChI is InChI=1S/C11H11IN2/c1-7-6-13-11(14-7)9-4-3-5-10(12)8(9)2/h3-6H,1-2H3,(H,13,14). The third-order valence-corrected chi connectivity index (χ3v) is 3.39. The summed E-state index contributed by atoms with van der Waals surface area (Å²) in [6.45, 7) is 4.13. The Hall–Kier alpha value is -0.840. The van der Waals surface area contributed by atoms with Crippen LogP contribution in [0.5, 0.6) is 0 Å². The first kappa shape index (κ1) is 9.71. The quantitative estimate of drug-likeness (QED) is 0.804. The number of nitrogens with one attached hydrogen (secondary N) is 1. The maximum Gasteiger partial charge on any atom is 0.137 e. The van der Waals surface area contributed by atoms with Crippen molar-refractivity contribution in [3.63, 3.8) is 0 Å². The molecule has 0 fully saturated rings. The van der Waals surface area contributed by atoms with Gasteiger partial charge in [0.2, 0.25) is 0 Å². The summed E-state index contributed by atoms with van der Waals surface area (Å²) in [4.78, 5) is 7.57. The van der Waals surface area contributed by atoms with E-state index < -0.39 is 0 Å². The van der Waals surface area contributed by atoms with Crippen LogP contribution >= 0.6 is 22.6 Å². The number of aryl methyl sites for hydroxylation is 1. The molecule has 0 amide bonds. The number of aromatic nitrogens is 2. The van der Waals surface area contributed by atoms with Gasteiger partial charge in [0, 0.05) is 21.0 Å². The minimum atomic E-state index is 0.957. The average molecular weight is 298 g/mol. The van der Waals surface area contributed by atoms with E-state index in [0.717, 1.165) is 11.5 Å². The van der Waals surface area contributed by atoms with Crippen LogP contribution in [0.1, 0.15) is 11.3 Å². The minimum Gasteiger partial charge on any atom is -0.342 e. The zero-order valence-electron chi connectivity index (χ0n) is 8.13. The number of nitrogens with zero attached hydrogens (tertiary/aromatic N) is 1. The fraction of sp³-hybridized carbons (Fsp3) is 0.182. The summed E-state index contributed by atoms with van der Waals surface area (Å²) in [6.07, 6.45) is 1.86. The normalized spacial score (nSPS) is 10.5. The Morgan fingerprint density at radius 3 is 2.71 bits per heavy atom. The molecule has 14 heavy (non-hydrogen) atoms. The summed E-state index contributed by atoms with van der Waals surface area (Å²) < 4.78 is 1.27. The molecule has 2 rings (SSSR count). The van der Waals surface area contributed by atoms with Crippen molar-refractivity contribution < 1.29 is 0 Å². The number of aromatic amines is 1. The molecule has 0 bridgehead atoms. The van der Waals surface area contributed by atoms with Crippen molar-refractivity contribution >= 4 is 22.6 Å². The zero-order valence-corrected chi connectivity index (χ0v) is 10.3. The molecule has 0 aliphatic carbocycles. The summed E-state index contributed by atoms with van der Waals surface area (Å²) >= 11 is 2.34. The van der Waals surface area contributed by atoms with Crippen LogP contribution in [0.2, 0.25) is 0 Å². The van der Waals surface area contributed by atoms with Crippen LogP contribution in [-0.4, -0.2) is 9.97 Å². The van der Waals surface area contributed by atoms with Gasteiger partial charge in [-0.15, -0.1) is 0 Å². The number of H-pyrrole nitrogens is 1. The van der Waals surface area contributed by atoms with E-state index in [0.29, 0.717) is 0 Å². The van der Waals surface area contributed by atoms with Crippen molar-refractivity contribution in [3.8, 4) is 11.4 Å². The highest BCUT2D eigenvalue weighted by Crippen LogP contribution is 2.23. The van der Waals surface area contributed by atoms with E-state index in [1.165, 1.54) is 14.7 Å². The van der Waals surface area contributed by atoms with Gasteiger partial charge in [-0.3, -0.25) is 0 Å². The SMILES string of the molecule is Cc1cnc(-c2cccc(I)c2C)[nH]1. The largest absolute Gasteiger partial charge is 0.342 e. The van der Waals surface area contributed by atoms with Crippen LogP contribution in [0.4, 0.5) is 0 Å². The van der Waals surface area contributed by atoms with Crippen molar-refractivity contribution in [1.29, 1.82) is 0 Å². The maximum atomic E-state index is 4.33. The van der Waals surface area contributed by atoms with Crippen molar-refractivity contribution in [2.45, 2.75) is 13.8 Å². The van der Waals surface area contributed by atoms with E-state index in [2.05, 4.69) is 57.7 Å². The van der Waals surface area contributed by atoms with Gasteiger partial charge in [0.15, 0.2) is 0 Å². The Balaban J connectivity index is 2.57. The maximum absolute atomic E-state index is 4.33. The topological polar surface area (TPSA) is 28.7 Å². The van der Waals surface area contributed by atoms with Crippen LogP contribution in [-0.2, 0) is 0 Å². The number of imidazole rings is 1. The molecular formula is C11H11IN2. The molecule has 0 saturated heterocycles. The average Bonchev–Trinajstić information content (AvgIpc) is 2.57. The Morgan fingerprint density at radius 1 is 1.29 bits per heavy atom. The lowest BCUT2D eigenvalue weighted by Crippen LogP contribution is -1.88. The van der Waals surface area contributed by atoms with Gasteiger partial charge in [-0.25, -0.2) is 4.98 Å². The van der Waals surface area contributed by atoms with Crippen LogP contribution in [0.3, 0.4) is 0 Å². The molecule has 2 nitrogen and oxygen atoms in total. The van der Waals surface area contributed by atoms with Crippen LogP contribution in [0.15, 0.2) is 24.4 Å². The van der Waals surface area contributed by atoms with Gasteiger partial charge in [-0.05, 0) is 48.1 Å². The van der Waals surface area contributed by atoms with Gasteiger partial charge in [0.25, 0.3) is 0 Å². The van der Waals surface area contributed by atoms with E-state index in [1.807, 2.05) is 13.1 Å². The number of halogens is 1. The van der Waals surface area contributed by atoms with Crippen molar-refractivity contribution in [2.75, 3.05) is 0 Å². The summed E-state index contributed by atoms with van der Waals surface area (Å²) in [5, 5.41) is 0. The predicted octanol–water partition coefficient (Wildman–Crippen LogP) is 3.30. The molecule has 1 aromatic heterocycles. The van der Waals surface area contributed by atoms with Crippen LogP contribution in [0, 0.1) is 17.4 Å². The molecule has 1 N–H and O–H groups in total. The lowest BCUT2D eigenvalue weighted by atomic mass is 10.1. The molecule has 0 saturated carbocycles. The minimum absolute atomic E-state index is 0.957. The van der Waals surface area contributed by atoms with E-state index in [9.17, 15) is 0 Å². The molecular weight excluding hydrogens is 287 g/mol. The van der Waals surface area contributed by atoms with E-state index in [-0.39, 0.29) is 0 Å². The molecule has 0 spiro atoms. The summed E-state index contributed by atoms with van der Waals surface area (Å²) in [5.41, 5.74) is 3.56. The molecule has 72 valence electrons. The number of rotatable bonds is 1. The fourth-order valence-electron chi connectivity index (χ4n) is 1.41. The third kappa shape index (κ3) is 1.68. The van der Waals surface area contributed by atoms with Crippen LogP contribution in [0.25, 0.3) is 11.4 Å². The lowest BCUT2D eigenvalue weighted by Gasteiger charge is -2.03. The second-order valence-electron chi connectivity index (χ2n) is 3.33. The Kier molecular flexibility index (Phi) is 2.58. The molecule has 0 unspecified atom stereocenters. The Morgan fingerprint density at radius 2 is 2.07 bits per heavy atom. The number of hydrogen-bond donors (Lipinski definition) is 1. The Bertz CT molecular complexity index is 460. The van der Waals surface area contributed by atoms with E-state index in [4.69, 9.17) is 0 Å². The smallest absolute Gasteiger partial charge is 0.137 e. The van der Waals surface area contributed by atoms with Gasteiger partial charge < -0.3 is 4.98 Å².